The van der Waals surface area contributed by atoms with Crippen molar-refractivity contribution in [3.05, 3.63) is 23.9 Å². The lowest BCUT2D eigenvalue weighted by atomic mass is 9.93. The molecule has 2 rings (SSSR count). The van der Waals surface area contributed by atoms with Gasteiger partial charge in [-0.15, -0.1) is 0 Å². The number of nitrogen functional groups attached to an aromatic ring is 1. The van der Waals surface area contributed by atoms with Crippen molar-refractivity contribution in [2.45, 2.75) is 57.7 Å². The van der Waals surface area contributed by atoms with Crippen LogP contribution in [-0.4, -0.2) is 34.9 Å². The van der Waals surface area contributed by atoms with E-state index in [0.29, 0.717) is 18.4 Å². The number of hydrogen-bond acceptors (Lipinski definition) is 4. The molecule has 116 valence electrons. The predicted molar refractivity (Wildman–Crippen MR) is 84.6 cm³/mol. The number of carbonyl (C=O) groups excluding carboxylic acids is 1. The fourth-order valence-electron chi connectivity index (χ4n) is 2.92. The van der Waals surface area contributed by atoms with E-state index in [2.05, 4.69) is 22.2 Å². The Kier molecular flexibility index (Phi) is 5.56. The zero-order chi connectivity index (χ0) is 15.2. The Balaban J connectivity index is 1.86. The van der Waals surface area contributed by atoms with Gasteiger partial charge in [-0.3, -0.25) is 9.69 Å². The van der Waals surface area contributed by atoms with Crippen LogP contribution in [-0.2, 0) is 11.3 Å². The number of nitrogens with two attached hydrogens (primary N) is 1. The molecule has 5 nitrogen and oxygen atoms in total. The van der Waals surface area contributed by atoms with Crippen molar-refractivity contribution in [2.75, 3.05) is 12.8 Å². The van der Waals surface area contributed by atoms with Gasteiger partial charge in [-0.2, -0.15) is 0 Å². The van der Waals surface area contributed by atoms with E-state index in [1.54, 1.807) is 6.20 Å². The van der Waals surface area contributed by atoms with Gasteiger partial charge in [-0.1, -0.05) is 25.3 Å². The van der Waals surface area contributed by atoms with Gasteiger partial charge in [0.1, 0.15) is 5.82 Å². The van der Waals surface area contributed by atoms with Crippen LogP contribution in [0.4, 0.5) is 5.82 Å². The maximum absolute atomic E-state index is 12.3. The first-order chi connectivity index (χ1) is 10.1. The molecule has 0 aromatic carbocycles. The molecule has 1 aromatic rings. The molecule has 1 saturated carbocycles. The number of amides is 1. The molecular formula is C16H26N4O. The van der Waals surface area contributed by atoms with Gasteiger partial charge in [-0.25, -0.2) is 4.98 Å². The van der Waals surface area contributed by atoms with Crippen molar-refractivity contribution in [2.24, 2.45) is 0 Å². The minimum absolute atomic E-state index is 0.0475. The van der Waals surface area contributed by atoms with Gasteiger partial charge < -0.3 is 11.1 Å². The molecule has 0 bridgehead atoms. The molecule has 1 fully saturated rings. The predicted octanol–water partition coefficient (Wildman–Crippen LogP) is 1.93. The molecule has 1 heterocycles. The number of nitrogens with zero attached hydrogens (tertiary/aromatic N) is 2. The normalized spacial score (nSPS) is 17.7. The lowest BCUT2D eigenvalue weighted by molar-refractivity contribution is -0.126. The summed E-state index contributed by atoms with van der Waals surface area (Å²) in [5.74, 6) is 0.525. The Morgan fingerprint density at radius 3 is 2.86 bits per heavy atom. The zero-order valence-corrected chi connectivity index (χ0v) is 13.0. The Labute approximate surface area is 126 Å². The second-order valence-electron chi connectivity index (χ2n) is 5.90. The number of rotatable bonds is 5. The summed E-state index contributed by atoms with van der Waals surface area (Å²) in [6.45, 7) is 2.40. The van der Waals surface area contributed by atoms with Crippen LogP contribution in [0.1, 0.15) is 44.6 Å². The molecule has 5 heteroatoms. The van der Waals surface area contributed by atoms with E-state index < -0.39 is 0 Å². The summed E-state index contributed by atoms with van der Waals surface area (Å²) in [6.07, 6.45) is 7.92. The molecule has 0 spiro atoms. The maximum Gasteiger partial charge on any atom is 0.237 e. The summed E-state index contributed by atoms with van der Waals surface area (Å²) in [7, 11) is 2.05. The third-order valence-corrected chi connectivity index (χ3v) is 4.52. The number of pyridine rings is 1. The van der Waals surface area contributed by atoms with Crippen LogP contribution < -0.4 is 11.1 Å². The molecule has 1 aromatic heterocycles. The second kappa shape index (κ2) is 7.41. The second-order valence-corrected chi connectivity index (χ2v) is 5.90. The van der Waals surface area contributed by atoms with Gasteiger partial charge in [0.25, 0.3) is 0 Å². The molecule has 1 aliphatic carbocycles. The first-order valence-corrected chi connectivity index (χ1v) is 7.78. The molecular weight excluding hydrogens is 264 g/mol. The molecule has 3 N–H and O–H groups in total. The monoisotopic (exact) mass is 290 g/mol. The molecule has 1 atom stereocenters. The van der Waals surface area contributed by atoms with E-state index >= 15 is 0 Å². The molecule has 21 heavy (non-hydrogen) atoms. The number of aromatic nitrogens is 1. The topological polar surface area (TPSA) is 71.2 Å². The highest BCUT2D eigenvalue weighted by molar-refractivity contribution is 5.81. The molecule has 0 aliphatic heterocycles. The Bertz CT molecular complexity index is 471. The Morgan fingerprint density at radius 1 is 1.48 bits per heavy atom. The summed E-state index contributed by atoms with van der Waals surface area (Å²) in [4.78, 5) is 18.5. The highest BCUT2D eigenvalue weighted by atomic mass is 16.2. The van der Waals surface area contributed by atoms with E-state index in [4.69, 9.17) is 5.73 Å². The fourth-order valence-corrected chi connectivity index (χ4v) is 2.92. The summed E-state index contributed by atoms with van der Waals surface area (Å²) < 4.78 is 0. The molecule has 1 aliphatic rings. The van der Waals surface area contributed by atoms with Crippen molar-refractivity contribution in [3.8, 4) is 0 Å². The average molecular weight is 290 g/mol. The van der Waals surface area contributed by atoms with Crippen LogP contribution in [0.3, 0.4) is 0 Å². The summed E-state index contributed by atoms with van der Waals surface area (Å²) in [6, 6.07) is 4.13. The van der Waals surface area contributed by atoms with Crippen LogP contribution in [0.25, 0.3) is 0 Å². The summed E-state index contributed by atoms with van der Waals surface area (Å²) in [5.41, 5.74) is 6.65. The van der Waals surface area contributed by atoms with Gasteiger partial charge in [0, 0.05) is 24.3 Å². The number of anilines is 1. The van der Waals surface area contributed by atoms with Crippen LogP contribution in [0.5, 0.6) is 0 Å². The van der Waals surface area contributed by atoms with Gasteiger partial charge in [0.15, 0.2) is 0 Å². The molecule has 0 unspecified atom stereocenters. The number of nitrogens with one attached hydrogen (secondary N) is 1. The largest absolute Gasteiger partial charge is 0.383 e. The van der Waals surface area contributed by atoms with Crippen molar-refractivity contribution >= 4 is 11.7 Å². The van der Waals surface area contributed by atoms with Crippen molar-refractivity contribution < 1.29 is 4.79 Å². The molecule has 0 saturated heterocycles. The lowest BCUT2D eigenvalue weighted by Crippen LogP contribution is -2.48. The Morgan fingerprint density at radius 2 is 2.19 bits per heavy atom. The Hall–Kier alpha value is -1.62. The minimum Gasteiger partial charge on any atom is -0.383 e. The highest BCUT2D eigenvalue weighted by Crippen LogP contribution is 2.23. The van der Waals surface area contributed by atoms with Gasteiger partial charge in [0.2, 0.25) is 5.91 Å². The van der Waals surface area contributed by atoms with E-state index in [-0.39, 0.29) is 11.9 Å². The SMILES string of the molecule is C[C@H](C(=O)NCc1cccnc1N)N(C)C1CCCCC1. The summed E-state index contributed by atoms with van der Waals surface area (Å²) in [5, 5.41) is 2.96. The van der Waals surface area contributed by atoms with Crippen LogP contribution in [0, 0.1) is 0 Å². The van der Waals surface area contributed by atoms with E-state index in [0.717, 1.165) is 5.56 Å². The number of likely N-dealkylation sites (N-methyl/N-ethyl adjacent to an activating group) is 1. The molecule has 1 amide bonds. The van der Waals surface area contributed by atoms with E-state index in [1.165, 1.54) is 32.1 Å². The van der Waals surface area contributed by atoms with Crippen molar-refractivity contribution in [1.29, 1.82) is 0 Å². The van der Waals surface area contributed by atoms with Gasteiger partial charge in [0.05, 0.1) is 6.04 Å². The minimum atomic E-state index is -0.119. The highest BCUT2D eigenvalue weighted by Gasteiger charge is 2.25. The summed E-state index contributed by atoms with van der Waals surface area (Å²) >= 11 is 0. The van der Waals surface area contributed by atoms with Crippen LogP contribution in [0.15, 0.2) is 18.3 Å². The van der Waals surface area contributed by atoms with Crippen LogP contribution in [0.2, 0.25) is 0 Å². The molecule has 0 radical (unpaired) electrons. The van der Waals surface area contributed by atoms with Crippen molar-refractivity contribution in [3.63, 3.8) is 0 Å². The third-order valence-electron chi connectivity index (χ3n) is 4.52. The first-order valence-electron chi connectivity index (χ1n) is 7.78. The maximum atomic E-state index is 12.3. The lowest BCUT2D eigenvalue weighted by Gasteiger charge is -2.34. The van der Waals surface area contributed by atoms with Gasteiger partial charge in [-0.05, 0) is 32.9 Å². The van der Waals surface area contributed by atoms with Crippen molar-refractivity contribution in [1.82, 2.24) is 15.2 Å². The first kappa shape index (κ1) is 15.8. The average Bonchev–Trinajstić information content (AvgIpc) is 2.53. The van der Waals surface area contributed by atoms with Gasteiger partial charge >= 0.3 is 0 Å². The van der Waals surface area contributed by atoms with Crippen LogP contribution >= 0.6 is 0 Å². The van der Waals surface area contributed by atoms with E-state index in [9.17, 15) is 4.79 Å². The smallest absolute Gasteiger partial charge is 0.237 e. The standard InChI is InChI=1S/C16H26N4O/c1-12(20(2)14-8-4-3-5-9-14)16(21)19-11-13-7-6-10-18-15(13)17/h6-7,10,12,14H,3-5,8-9,11H2,1-2H3,(H2,17,18)(H,19,21)/t12-/m1/s1. The quantitative estimate of drug-likeness (QED) is 0.869. The third kappa shape index (κ3) is 4.17. The number of hydrogen-bond donors (Lipinski definition) is 2. The fraction of sp³-hybridized carbons (Fsp3) is 0.625. The zero-order valence-electron chi connectivity index (χ0n) is 13.0. The number of carbonyl (C=O) groups is 1. The van der Waals surface area contributed by atoms with E-state index in [1.807, 2.05) is 19.1 Å².